The normalized spacial score (nSPS) is 14.6. The smallest absolute Gasteiger partial charge is 0.259 e. The van der Waals surface area contributed by atoms with E-state index in [4.69, 9.17) is 4.74 Å². The molecule has 1 aromatic heterocycles. The van der Waals surface area contributed by atoms with Crippen molar-refractivity contribution in [2.45, 2.75) is 38.1 Å². The molecule has 1 aliphatic heterocycles. The summed E-state index contributed by atoms with van der Waals surface area (Å²) in [5, 5.41) is 16.7. The molecule has 2 N–H and O–H groups in total. The molecule has 1 saturated heterocycles. The highest BCUT2D eigenvalue weighted by Gasteiger charge is 2.28. The zero-order valence-electron chi connectivity index (χ0n) is 20.6. The number of hydrogen-bond acceptors (Lipinski definition) is 6. The third kappa shape index (κ3) is 6.01. The third-order valence-corrected chi connectivity index (χ3v) is 8.16. The summed E-state index contributed by atoms with van der Waals surface area (Å²) in [6.07, 6.45) is 2.63. The van der Waals surface area contributed by atoms with Gasteiger partial charge in [-0.1, -0.05) is 35.9 Å². The monoisotopic (exact) mass is 512 g/mol. The number of nitrogens with zero attached hydrogens (tertiary/aromatic N) is 3. The molecule has 3 aromatic rings. The lowest BCUT2D eigenvalue weighted by Gasteiger charge is -2.26. The summed E-state index contributed by atoms with van der Waals surface area (Å²) in [6.45, 7) is 5.57. The van der Waals surface area contributed by atoms with E-state index in [1.807, 2.05) is 25.1 Å². The van der Waals surface area contributed by atoms with Crippen LogP contribution in [0.1, 0.15) is 39.2 Å². The van der Waals surface area contributed by atoms with Gasteiger partial charge in [-0.15, -0.1) is 0 Å². The van der Waals surface area contributed by atoms with E-state index < -0.39 is 10.0 Å². The summed E-state index contributed by atoms with van der Waals surface area (Å²) in [7, 11) is -3.71. The molecule has 1 amide bonds. The van der Waals surface area contributed by atoms with Crippen LogP contribution in [-0.4, -0.2) is 66.4 Å². The molecule has 2 heterocycles. The number of sulfonamides is 1. The molecule has 0 radical (unpaired) electrons. The predicted molar refractivity (Wildman–Crippen MR) is 137 cm³/mol. The van der Waals surface area contributed by atoms with Crippen molar-refractivity contribution in [1.29, 1.82) is 0 Å². The number of aryl methyl sites for hydroxylation is 3. The highest BCUT2D eigenvalue weighted by atomic mass is 32.2. The fraction of sp³-hybridized carbons (Fsp3) is 0.385. The van der Waals surface area contributed by atoms with Gasteiger partial charge in [-0.3, -0.25) is 9.48 Å². The lowest BCUT2D eigenvalue weighted by atomic mass is 10.1. The van der Waals surface area contributed by atoms with Crippen LogP contribution in [0.5, 0.6) is 0 Å². The summed E-state index contributed by atoms with van der Waals surface area (Å²) in [5.41, 5.74) is 4.18. The molecule has 0 unspecified atom stereocenters. The number of rotatable bonds is 9. The van der Waals surface area contributed by atoms with Crippen LogP contribution in [0, 0.1) is 13.8 Å². The van der Waals surface area contributed by atoms with Gasteiger partial charge < -0.3 is 15.2 Å². The van der Waals surface area contributed by atoms with Crippen LogP contribution in [0.2, 0.25) is 0 Å². The van der Waals surface area contributed by atoms with E-state index in [2.05, 4.69) is 16.5 Å². The van der Waals surface area contributed by atoms with Crippen LogP contribution in [-0.2, 0) is 27.7 Å². The van der Waals surface area contributed by atoms with Gasteiger partial charge in [-0.2, -0.15) is 9.40 Å². The zero-order valence-corrected chi connectivity index (χ0v) is 21.4. The molecule has 4 rings (SSSR count). The minimum absolute atomic E-state index is 0.00742. The minimum Gasteiger partial charge on any atom is -0.396 e. The van der Waals surface area contributed by atoms with Gasteiger partial charge in [0.05, 0.1) is 35.9 Å². The van der Waals surface area contributed by atoms with E-state index in [1.54, 1.807) is 29.9 Å². The molecule has 9 nitrogen and oxygen atoms in total. The maximum absolute atomic E-state index is 13.3. The van der Waals surface area contributed by atoms with E-state index in [0.29, 0.717) is 68.2 Å². The fourth-order valence-electron chi connectivity index (χ4n) is 4.24. The van der Waals surface area contributed by atoms with Gasteiger partial charge in [-0.05, 0) is 49.9 Å². The quantitative estimate of drug-likeness (QED) is 0.456. The van der Waals surface area contributed by atoms with Gasteiger partial charge in [0.2, 0.25) is 10.0 Å². The number of ether oxygens (including phenoxy) is 1. The first-order chi connectivity index (χ1) is 17.3. The predicted octanol–water partition coefficient (Wildman–Crippen LogP) is 2.75. The van der Waals surface area contributed by atoms with Crippen LogP contribution in [0.3, 0.4) is 0 Å². The molecule has 192 valence electrons. The van der Waals surface area contributed by atoms with E-state index in [0.717, 1.165) is 11.1 Å². The summed E-state index contributed by atoms with van der Waals surface area (Å²) in [6, 6.07) is 13.0. The number of hydrogen-bond donors (Lipinski definition) is 2. The molecule has 2 aromatic carbocycles. The Hall–Kier alpha value is -3.05. The highest BCUT2D eigenvalue weighted by molar-refractivity contribution is 7.89. The molecule has 1 aliphatic rings. The zero-order chi connectivity index (χ0) is 25.7. The first kappa shape index (κ1) is 26.0. The Balaban J connectivity index is 1.58. The second-order valence-electron chi connectivity index (χ2n) is 8.95. The molecular formula is C26H32N4O5S. The van der Waals surface area contributed by atoms with Crippen molar-refractivity contribution < 1.29 is 23.1 Å². The topological polar surface area (TPSA) is 114 Å². The lowest BCUT2D eigenvalue weighted by Crippen LogP contribution is -2.40. The number of benzene rings is 2. The van der Waals surface area contributed by atoms with Crippen LogP contribution in [0.25, 0.3) is 0 Å². The molecule has 0 spiro atoms. The average molecular weight is 513 g/mol. The van der Waals surface area contributed by atoms with Crippen LogP contribution in [0.15, 0.2) is 53.6 Å². The molecule has 10 heteroatoms. The third-order valence-electron chi connectivity index (χ3n) is 6.12. The number of carbonyl (C=O) groups excluding carboxylic acids is 1. The Kier molecular flexibility index (Phi) is 8.20. The van der Waals surface area contributed by atoms with Crippen molar-refractivity contribution in [3.63, 3.8) is 0 Å². The largest absolute Gasteiger partial charge is 0.396 e. The Labute approximate surface area is 211 Å². The van der Waals surface area contributed by atoms with Crippen molar-refractivity contribution >= 4 is 21.6 Å². The lowest BCUT2D eigenvalue weighted by molar-refractivity contribution is 0.0730. The molecule has 0 saturated carbocycles. The van der Waals surface area contributed by atoms with Crippen LogP contribution < -0.4 is 5.32 Å². The number of amides is 1. The van der Waals surface area contributed by atoms with Gasteiger partial charge in [0.1, 0.15) is 0 Å². The maximum Gasteiger partial charge on any atom is 0.259 e. The van der Waals surface area contributed by atoms with Crippen molar-refractivity contribution in [3.8, 4) is 0 Å². The van der Waals surface area contributed by atoms with Crippen molar-refractivity contribution in [3.05, 3.63) is 76.6 Å². The van der Waals surface area contributed by atoms with Gasteiger partial charge in [0.15, 0.2) is 0 Å². The maximum atomic E-state index is 13.3. The number of aliphatic hydroxyl groups is 1. The number of anilines is 1. The highest BCUT2D eigenvalue weighted by Crippen LogP contribution is 2.25. The first-order valence-corrected chi connectivity index (χ1v) is 13.4. The fourth-order valence-corrected chi connectivity index (χ4v) is 5.90. The van der Waals surface area contributed by atoms with E-state index in [9.17, 15) is 18.3 Å². The summed E-state index contributed by atoms with van der Waals surface area (Å²) < 4.78 is 34.8. The molecule has 0 aliphatic carbocycles. The van der Waals surface area contributed by atoms with E-state index >= 15 is 0 Å². The molecule has 0 bridgehead atoms. The van der Waals surface area contributed by atoms with Gasteiger partial charge in [0.25, 0.3) is 5.91 Å². The van der Waals surface area contributed by atoms with Gasteiger partial charge in [-0.25, -0.2) is 8.42 Å². The second kappa shape index (κ2) is 11.3. The minimum atomic E-state index is -3.71. The number of aliphatic hydroxyl groups excluding tert-OH is 1. The Bertz CT molecular complexity index is 1330. The summed E-state index contributed by atoms with van der Waals surface area (Å²) >= 11 is 0. The molecular weight excluding hydrogens is 480 g/mol. The molecule has 1 fully saturated rings. The average Bonchev–Trinajstić information content (AvgIpc) is 3.27. The van der Waals surface area contributed by atoms with Crippen LogP contribution >= 0.6 is 0 Å². The van der Waals surface area contributed by atoms with Gasteiger partial charge >= 0.3 is 0 Å². The second-order valence-corrected chi connectivity index (χ2v) is 10.9. The molecule has 36 heavy (non-hydrogen) atoms. The SMILES string of the molecule is Cc1cccc(Cn2cc(C(=O)Nc3ccc(C)c(S(=O)(=O)N4CCOCC4)c3)c(CCCO)n2)c1. The Morgan fingerprint density at radius 1 is 1.14 bits per heavy atom. The number of nitrogens with one attached hydrogen (secondary N) is 1. The standard InChI is InChI=1S/C26H32N4O5S/c1-19-5-3-6-21(15-19)17-29-18-23(24(28-29)7-4-12-31)26(32)27-22-9-8-20(2)25(16-22)36(33,34)30-10-13-35-14-11-30/h3,5-6,8-9,15-16,18,31H,4,7,10-14,17H2,1-2H3,(H,27,32). The Morgan fingerprint density at radius 2 is 1.92 bits per heavy atom. The van der Waals surface area contributed by atoms with Crippen molar-refractivity contribution in [1.82, 2.24) is 14.1 Å². The molecule has 0 atom stereocenters. The summed E-state index contributed by atoms with van der Waals surface area (Å²) in [4.78, 5) is 13.4. The number of morpholine rings is 1. The number of carbonyl (C=O) groups is 1. The number of aromatic nitrogens is 2. The van der Waals surface area contributed by atoms with Crippen LogP contribution in [0.4, 0.5) is 5.69 Å². The Morgan fingerprint density at radius 3 is 2.64 bits per heavy atom. The first-order valence-electron chi connectivity index (χ1n) is 12.0. The summed E-state index contributed by atoms with van der Waals surface area (Å²) in [5.74, 6) is -0.378. The van der Waals surface area contributed by atoms with E-state index in [1.165, 1.54) is 10.4 Å². The van der Waals surface area contributed by atoms with E-state index in [-0.39, 0.29) is 17.4 Å². The van der Waals surface area contributed by atoms with Crippen molar-refractivity contribution in [2.24, 2.45) is 0 Å². The van der Waals surface area contributed by atoms with Gasteiger partial charge in [0, 0.05) is 31.6 Å². The van der Waals surface area contributed by atoms with Crippen molar-refractivity contribution in [2.75, 3.05) is 38.2 Å².